The second-order valence-corrected chi connectivity index (χ2v) is 6.73. The number of piperazine rings is 1. The zero-order valence-corrected chi connectivity index (χ0v) is 16.1. The Kier molecular flexibility index (Phi) is 5.86. The number of hydrogen-bond donors (Lipinski definition) is 1. The van der Waals surface area contributed by atoms with Gasteiger partial charge < -0.3 is 19.9 Å². The minimum absolute atomic E-state index is 0.152. The van der Waals surface area contributed by atoms with Crippen molar-refractivity contribution in [2.24, 2.45) is 0 Å². The largest absolute Gasteiger partial charge is 0.465 e. The fourth-order valence-corrected chi connectivity index (χ4v) is 3.29. The molecule has 6 nitrogen and oxygen atoms in total. The van der Waals surface area contributed by atoms with Gasteiger partial charge in [-0.2, -0.15) is 0 Å². The average Bonchev–Trinajstić information content (AvgIpc) is 2.71. The number of carbonyl (C=O) groups excluding carboxylic acids is 2. The Labute approximate surface area is 163 Å². The highest BCUT2D eigenvalue weighted by molar-refractivity contribution is 6.31. The number of carbonyl (C=O) groups is 2. The first-order chi connectivity index (χ1) is 13.0. The average molecular weight is 388 g/mol. The van der Waals surface area contributed by atoms with Gasteiger partial charge in [-0.15, -0.1) is 0 Å². The molecule has 142 valence electrons. The minimum atomic E-state index is -0.359. The summed E-state index contributed by atoms with van der Waals surface area (Å²) in [5.41, 5.74) is 2.92. The summed E-state index contributed by atoms with van der Waals surface area (Å²) in [4.78, 5) is 28.4. The van der Waals surface area contributed by atoms with E-state index < -0.39 is 0 Å². The van der Waals surface area contributed by atoms with E-state index >= 15 is 0 Å². The molecule has 0 unspecified atom stereocenters. The first kappa shape index (κ1) is 19.0. The summed E-state index contributed by atoms with van der Waals surface area (Å²) in [6.45, 7) is 4.26. The number of nitrogens with zero attached hydrogens (tertiary/aromatic N) is 2. The summed E-state index contributed by atoms with van der Waals surface area (Å²) >= 11 is 6.11. The third-order valence-electron chi connectivity index (χ3n) is 4.73. The zero-order chi connectivity index (χ0) is 19.4. The molecule has 27 heavy (non-hydrogen) atoms. The maximum atomic E-state index is 12.6. The highest BCUT2D eigenvalue weighted by Gasteiger charge is 2.24. The number of anilines is 2. The molecule has 0 radical (unpaired) electrons. The molecular formula is C20H22ClN3O3. The van der Waals surface area contributed by atoms with Crippen molar-refractivity contribution in [1.82, 2.24) is 4.90 Å². The number of para-hydroxylation sites is 1. The molecule has 0 aliphatic carbocycles. The number of rotatable bonds is 3. The lowest BCUT2D eigenvalue weighted by molar-refractivity contribution is 0.0601. The second-order valence-electron chi connectivity index (χ2n) is 6.33. The first-order valence-corrected chi connectivity index (χ1v) is 9.12. The maximum absolute atomic E-state index is 12.6. The van der Waals surface area contributed by atoms with Gasteiger partial charge in [-0.3, -0.25) is 0 Å². The summed E-state index contributed by atoms with van der Waals surface area (Å²) < 4.78 is 4.86. The van der Waals surface area contributed by atoms with E-state index in [1.165, 1.54) is 7.11 Å². The highest BCUT2D eigenvalue weighted by atomic mass is 35.5. The van der Waals surface area contributed by atoms with Crippen LogP contribution in [0.3, 0.4) is 0 Å². The fraction of sp³-hybridized carbons (Fsp3) is 0.300. The van der Waals surface area contributed by atoms with Crippen molar-refractivity contribution in [3.63, 3.8) is 0 Å². The standard InChI is InChI=1S/C20H22ClN3O3/c1-14-16(21)7-5-8-17(14)22-20(26)24-12-10-23(11-13-24)18-9-4-3-6-15(18)19(25)27-2/h3-9H,10-13H2,1-2H3,(H,22,26). The molecule has 2 aromatic rings. The van der Waals surface area contributed by atoms with Crippen LogP contribution in [0.25, 0.3) is 0 Å². The van der Waals surface area contributed by atoms with E-state index in [1.54, 1.807) is 17.0 Å². The molecule has 0 saturated carbocycles. The van der Waals surface area contributed by atoms with Crippen LogP contribution in [-0.4, -0.2) is 50.2 Å². The Balaban J connectivity index is 1.65. The summed E-state index contributed by atoms with van der Waals surface area (Å²) in [5, 5.41) is 3.55. The van der Waals surface area contributed by atoms with Crippen molar-refractivity contribution in [1.29, 1.82) is 0 Å². The van der Waals surface area contributed by atoms with E-state index in [-0.39, 0.29) is 12.0 Å². The SMILES string of the molecule is COC(=O)c1ccccc1N1CCN(C(=O)Nc2cccc(Cl)c2C)CC1. The topological polar surface area (TPSA) is 61.9 Å². The molecule has 0 aromatic heterocycles. The third-order valence-corrected chi connectivity index (χ3v) is 5.14. The van der Waals surface area contributed by atoms with Gasteiger partial charge in [0, 0.05) is 36.9 Å². The van der Waals surface area contributed by atoms with Gasteiger partial charge in [-0.05, 0) is 36.8 Å². The van der Waals surface area contributed by atoms with Gasteiger partial charge in [0.1, 0.15) is 0 Å². The molecule has 1 N–H and O–H groups in total. The van der Waals surface area contributed by atoms with Crippen LogP contribution in [0.15, 0.2) is 42.5 Å². The monoisotopic (exact) mass is 387 g/mol. The van der Waals surface area contributed by atoms with Crippen molar-refractivity contribution in [3.8, 4) is 0 Å². The van der Waals surface area contributed by atoms with Crippen molar-refractivity contribution in [3.05, 3.63) is 58.6 Å². The molecule has 3 rings (SSSR count). The van der Waals surface area contributed by atoms with E-state index in [4.69, 9.17) is 16.3 Å². The molecule has 1 fully saturated rings. The van der Waals surface area contributed by atoms with Crippen molar-refractivity contribution in [2.75, 3.05) is 43.5 Å². The van der Waals surface area contributed by atoms with Crippen LogP contribution in [0.1, 0.15) is 15.9 Å². The fourth-order valence-electron chi connectivity index (χ4n) is 3.12. The van der Waals surface area contributed by atoms with Gasteiger partial charge in [0.25, 0.3) is 0 Å². The molecule has 0 bridgehead atoms. The number of urea groups is 1. The number of methoxy groups -OCH3 is 1. The van der Waals surface area contributed by atoms with Crippen LogP contribution in [0, 0.1) is 6.92 Å². The third kappa shape index (κ3) is 4.17. The lowest BCUT2D eigenvalue weighted by Gasteiger charge is -2.36. The molecule has 1 aliphatic heterocycles. The van der Waals surface area contributed by atoms with Gasteiger partial charge >= 0.3 is 12.0 Å². The van der Waals surface area contributed by atoms with Gasteiger partial charge in [0.15, 0.2) is 0 Å². The Hall–Kier alpha value is -2.73. The van der Waals surface area contributed by atoms with Crippen molar-refractivity contribution in [2.45, 2.75) is 6.92 Å². The van der Waals surface area contributed by atoms with Crippen LogP contribution < -0.4 is 10.2 Å². The first-order valence-electron chi connectivity index (χ1n) is 8.74. The van der Waals surface area contributed by atoms with Crippen LogP contribution >= 0.6 is 11.6 Å². The molecular weight excluding hydrogens is 366 g/mol. The second kappa shape index (κ2) is 8.31. The lowest BCUT2D eigenvalue weighted by Crippen LogP contribution is -2.50. The Morgan fingerprint density at radius 3 is 2.44 bits per heavy atom. The number of ether oxygens (including phenoxy) is 1. The number of benzene rings is 2. The van der Waals surface area contributed by atoms with Crippen LogP contribution in [0.2, 0.25) is 5.02 Å². The number of hydrogen-bond acceptors (Lipinski definition) is 4. The molecule has 2 aromatic carbocycles. The summed E-state index contributed by atoms with van der Waals surface area (Å²) in [5.74, 6) is -0.359. The van der Waals surface area contributed by atoms with Crippen molar-refractivity contribution < 1.29 is 14.3 Å². The molecule has 7 heteroatoms. The minimum Gasteiger partial charge on any atom is -0.465 e. The van der Waals surface area contributed by atoms with Crippen LogP contribution in [0.4, 0.5) is 16.2 Å². The molecule has 1 saturated heterocycles. The van der Waals surface area contributed by atoms with E-state index in [0.29, 0.717) is 42.5 Å². The molecule has 0 spiro atoms. The summed E-state index contributed by atoms with van der Waals surface area (Å²) in [7, 11) is 1.37. The van der Waals surface area contributed by atoms with Gasteiger partial charge in [-0.1, -0.05) is 29.8 Å². The number of halogens is 1. The molecule has 1 aliphatic rings. The Bertz CT molecular complexity index is 848. The Morgan fingerprint density at radius 2 is 1.74 bits per heavy atom. The summed E-state index contributed by atoms with van der Waals surface area (Å²) in [6.07, 6.45) is 0. The van der Waals surface area contributed by atoms with E-state index in [1.807, 2.05) is 37.3 Å². The van der Waals surface area contributed by atoms with Gasteiger partial charge in [-0.25, -0.2) is 9.59 Å². The quantitative estimate of drug-likeness (QED) is 0.814. The predicted octanol–water partition coefficient (Wildman–Crippen LogP) is 3.79. The van der Waals surface area contributed by atoms with E-state index in [0.717, 1.165) is 11.3 Å². The maximum Gasteiger partial charge on any atom is 0.339 e. The van der Waals surface area contributed by atoms with E-state index in [9.17, 15) is 9.59 Å². The smallest absolute Gasteiger partial charge is 0.339 e. The molecule has 0 atom stereocenters. The molecule has 2 amide bonds. The van der Waals surface area contributed by atoms with Crippen LogP contribution in [-0.2, 0) is 4.74 Å². The number of nitrogens with one attached hydrogen (secondary N) is 1. The highest BCUT2D eigenvalue weighted by Crippen LogP contribution is 2.25. The van der Waals surface area contributed by atoms with Crippen LogP contribution in [0.5, 0.6) is 0 Å². The Morgan fingerprint density at radius 1 is 1.04 bits per heavy atom. The van der Waals surface area contributed by atoms with Crippen molar-refractivity contribution >= 4 is 35.0 Å². The lowest BCUT2D eigenvalue weighted by atomic mass is 10.1. The predicted molar refractivity (Wildman–Crippen MR) is 107 cm³/mol. The molecule has 1 heterocycles. The van der Waals surface area contributed by atoms with Gasteiger partial charge in [0.05, 0.1) is 18.4 Å². The van der Waals surface area contributed by atoms with E-state index in [2.05, 4.69) is 10.2 Å². The van der Waals surface area contributed by atoms with Gasteiger partial charge in [0.2, 0.25) is 0 Å². The normalized spacial score (nSPS) is 14.0. The number of amides is 2. The zero-order valence-electron chi connectivity index (χ0n) is 15.4. The summed E-state index contributed by atoms with van der Waals surface area (Å²) in [6, 6.07) is 12.6. The number of esters is 1.